The summed E-state index contributed by atoms with van der Waals surface area (Å²) in [6.07, 6.45) is 0. The van der Waals surface area contributed by atoms with Gasteiger partial charge in [0.15, 0.2) is 0 Å². The van der Waals surface area contributed by atoms with Crippen LogP contribution in [0.25, 0.3) is 0 Å². The molecule has 0 amide bonds. The molecular formula is C10H14N2. The maximum Gasteiger partial charge on any atom is 0.0646 e. The predicted octanol–water partition coefficient (Wildman–Crippen LogP) is 1.94. The van der Waals surface area contributed by atoms with Gasteiger partial charge in [-0.1, -0.05) is 24.3 Å². The Bertz CT molecular complexity index is 290. The summed E-state index contributed by atoms with van der Waals surface area (Å²) in [5.74, 6) is 0. The average Bonchev–Trinajstić information content (AvgIpc) is 2.05. The number of benzene rings is 1. The first kappa shape index (κ1) is 8.78. The minimum atomic E-state index is 1.02. The standard InChI is InChI=1S/C10H14N2/c1-8-6-4-5-7-10(8)9(2)12-11-3/h4-7,11H,1-3H3/b12-9-. The Morgan fingerprint density at radius 2 is 2.00 bits per heavy atom. The van der Waals surface area contributed by atoms with E-state index in [0.29, 0.717) is 0 Å². The number of rotatable bonds is 2. The van der Waals surface area contributed by atoms with Crippen molar-refractivity contribution in [3.63, 3.8) is 0 Å². The topological polar surface area (TPSA) is 24.4 Å². The van der Waals surface area contributed by atoms with Crippen molar-refractivity contribution in [1.82, 2.24) is 5.43 Å². The molecule has 0 saturated heterocycles. The second-order valence-corrected chi connectivity index (χ2v) is 2.74. The molecule has 0 radical (unpaired) electrons. The van der Waals surface area contributed by atoms with Crippen molar-refractivity contribution in [2.45, 2.75) is 13.8 Å². The van der Waals surface area contributed by atoms with E-state index >= 15 is 0 Å². The third-order valence-electron chi connectivity index (χ3n) is 1.81. The van der Waals surface area contributed by atoms with E-state index in [2.05, 4.69) is 29.6 Å². The molecule has 0 fully saturated rings. The van der Waals surface area contributed by atoms with E-state index in [0.717, 1.165) is 5.71 Å². The Labute approximate surface area is 73.3 Å². The zero-order chi connectivity index (χ0) is 8.97. The molecule has 1 aromatic carbocycles. The lowest BCUT2D eigenvalue weighted by Crippen LogP contribution is -2.04. The summed E-state index contributed by atoms with van der Waals surface area (Å²) in [6.45, 7) is 4.09. The smallest absolute Gasteiger partial charge is 0.0646 e. The molecule has 0 aliphatic heterocycles. The van der Waals surface area contributed by atoms with Crippen molar-refractivity contribution in [2.75, 3.05) is 7.05 Å². The summed E-state index contributed by atoms with van der Waals surface area (Å²) in [5.41, 5.74) is 6.26. The summed E-state index contributed by atoms with van der Waals surface area (Å²) in [5, 5.41) is 4.12. The first-order valence-electron chi connectivity index (χ1n) is 4.02. The molecule has 0 spiro atoms. The van der Waals surface area contributed by atoms with Crippen molar-refractivity contribution < 1.29 is 0 Å². The quantitative estimate of drug-likeness (QED) is 0.521. The molecule has 1 N–H and O–H groups in total. The number of nitrogens with zero attached hydrogens (tertiary/aromatic N) is 1. The highest BCUT2D eigenvalue weighted by Gasteiger charge is 1.98. The summed E-state index contributed by atoms with van der Waals surface area (Å²) in [4.78, 5) is 0. The monoisotopic (exact) mass is 162 g/mol. The van der Waals surface area contributed by atoms with Gasteiger partial charge in [0.05, 0.1) is 5.71 Å². The van der Waals surface area contributed by atoms with Crippen molar-refractivity contribution in [3.05, 3.63) is 35.4 Å². The zero-order valence-corrected chi connectivity index (χ0v) is 7.76. The van der Waals surface area contributed by atoms with Gasteiger partial charge in [-0.3, -0.25) is 0 Å². The van der Waals surface area contributed by atoms with Gasteiger partial charge < -0.3 is 5.43 Å². The Morgan fingerprint density at radius 3 is 2.58 bits per heavy atom. The number of hydrazone groups is 1. The first-order chi connectivity index (χ1) is 5.75. The van der Waals surface area contributed by atoms with E-state index in [-0.39, 0.29) is 0 Å². The molecule has 0 atom stereocenters. The van der Waals surface area contributed by atoms with Crippen LogP contribution in [0.2, 0.25) is 0 Å². The summed E-state index contributed by atoms with van der Waals surface area (Å²) in [7, 11) is 1.81. The minimum absolute atomic E-state index is 1.02. The van der Waals surface area contributed by atoms with Crippen LogP contribution in [0, 0.1) is 6.92 Å². The second kappa shape index (κ2) is 3.90. The molecule has 0 heterocycles. The lowest BCUT2D eigenvalue weighted by Gasteiger charge is -2.03. The summed E-state index contributed by atoms with van der Waals surface area (Å²) >= 11 is 0. The maximum atomic E-state index is 4.12. The molecule has 1 rings (SSSR count). The van der Waals surface area contributed by atoms with Crippen LogP contribution >= 0.6 is 0 Å². The highest BCUT2D eigenvalue weighted by atomic mass is 15.3. The van der Waals surface area contributed by atoms with Gasteiger partial charge in [-0.2, -0.15) is 5.10 Å². The molecule has 1 aromatic rings. The highest BCUT2D eigenvalue weighted by molar-refractivity contribution is 5.99. The number of nitrogens with one attached hydrogen (secondary N) is 1. The van der Waals surface area contributed by atoms with Crippen molar-refractivity contribution in [3.8, 4) is 0 Å². The van der Waals surface area contributed by atoms with Crippen molar-refractivity contribution in [1.29, 1.82) is 0 Å². The van der Waals surface area contributed by atoms with Crippen molar-refractivity contribution in [2.24, 2.45) is 5.10 Å². The van der Waals surface area contributed by atoms with Crippen molar-refractivity contribution >= 4 is 5.71 Å². The van der Waals surface area contributed by atoms with E-state index in [4.69, 9.17) is 0 Å². The van der Waals surface area contributed by atoms with Gasteiger partial charge in [0.25, 0.3) is 0 Å². The average molecular weight is 162 g/mol. The molecule has 0 saturated carbocycles. The lowest BCUT2D eigenvalue weighted by molar-refractivity contribution is 0.899. The largest absolute Gasteiger partial charge is 0.313 e. The SMILES string of the molecule is CN/N=C(/C)c1ccccc1C. The summed E-state index contributed by atoms with van der Waals surface area (Å²) < 4.78 is 0. The molecular weight excluding hydrogens is 148 g/mol. The first-order valence-corrected chi connectivity index (χ1v) is 4.02. The Kier molecular flexibility index (Phi) is 2.86. The normalized spacial score (nSPS) is 11.4. The van der Waals surface area contributed by atoms with Gasteiger partial charge in [0, 0.05) is 12.6 Å². The molecule has 2 nitrogen and oxygen atoms in total. The van der Waals surface area contributed by atoms with E-state index in [1.807, 2.05) is 26.1 Å². The van der Waals surface area contributed by atoms with E-state index in [1.165, 1.54) is 11.1 Å². The Morgan fingerprint density at radius 1 is 1.33 bits per heavy atom. The van der Waals surface area contributed by atoms with Crippen LogP contribution in [0.5, 0.6) is 0 Å². The van der Waals surface area contributed by atoms with E-state index < -0.39 is 0 Å². The van der Waals surface area contributed by atoms with Crippen LogP contribution in [0.4, 0.5) is 0 Å². The van der Waals surface area contributed by atoms with Crippen LogP contribution in [-0.2, 0) is 0 Å². The lowest BCUT2D eigenvalue weighted by atomic mass is 10.1. The van der Waals surface area contributed by atoms with Crippen LogP contribution in [0.3, 0.4) is 0 Å². The molecule has 2 heteroatoms. The van der Waals surface area contributed by atoms with Gasteiger partial charge in [-0.25, -0.2) is 0 Å². The van der Waals surface area contributed by atoms with E-state index in [9.17, 15) is 0 Å². The maximum absolute atomic E-state index is 4.12. The molecule has 0 unspecified atom stereocenters. The molecule has 0 aliphatic carbocycles. The molecule has 12 heavy (non-hydrogen) atoms. The molecule has 64 valence electrons. The van der Waals surface area contributed by atoms with Gasteiger partial charge in [0.2, 0.25) is 0 Å². The predicted molar refractivity (Wildman–Crippen MR) is 52.4 cm³/mol. The van der Waals surface area contributed by atoms with Crippen LogP contribution in [0.15, 0.2) is 29.4 Å². The third kappa shape index (κ3) is 1.84. The van der Waals surface area contributed by atoms with Crippen LogP contribution in [0.1, 0.15) is 18.1 Å². The fourth-order valence-electron chi connectivity index (χ4n) is 1.21. The van der Waals surface area contributed by atoms with Gasteiger partial charge >= 0.3 is 0 Å². The number of aryl methyl sites for hydroxylation is 1. The Hall–Kier alpha value is -1.31. The fraction of sp³-hybridized carbons (Fsp3) is 0.300. The van der Waals surface area contributed by atoms with E-state index in [1.54, 1.807) is 0 Å². The van der Waals surface area contributed by atoms with Gasteiger partial charge in [-0.05, 0) is 19.4 Å². The Balaban J connectivity index is 3.02. The second-order valence-electron chi connectivity index (χ2n) is 2.74. The van der Waals surface area contributed by atoms with Gasteiger partial charge in [-0.15, -0.1) is 0 Å². The third-order valence-corrected chi connectivity index (χ3v) is 1.81. The number of hydrogen-bond acceptors (Lipinski definition) is 2. The highest BCUT2D eigenvalue weighted by Crippen LogP contribution is 2.07. The molecule has 0 aliphatic rings. The minimum Gasteiger partial charge on any atom is -0.313 e. The van der Waals surface area contributed by atoms with Crippen LogP contribution < -0.4 is 5.43 Å². The summed E-state index contributed by atoms with van der Waals surface area (Å²) in [6, 6.07) is 8.22. The molecule has 0 bridgehead atoms. The number of hydrogen-bond donors (Lipinski definition) is 1. The van der Waals surface area contributed by atoms with Gasteiger partial charge in [0.1, 0.15) is 0 Å². The van der Waals surface area contributed by atoms with Crippen LogP contribution in [-0.4, -0.2) is 12.8 Å². The molecule has 0 aromatic heterocycles. The zero-order valence-electron chi connectivity index (χ0n) is 7.76. The fourth-order valence-corrected chi connectivity index (χ4v) is 1.21.